The number of benzene rings is 1. The Morgan fingerprint density at radius 1 is 1.09 bits per heavy atom. The van der Waals surface area contributed by atoms with E-state index in [0.29, 0.717) is 5.56 Å². The van der Waals surface area contributed by atoms with Gasteiger partial charge in [-0.2, -0.15) is 0 Å². The molecule has 0 aliphatic heterocycles. The van der Waals surface area contributed by atoms with Crippen LogP contribution in [0.4, 0.5) is 0 Å². The van der Waals surface area contributed by atoms with Crippen molar-refractivity contribution >= 4 is 23.4 Å². The largest absolute Gasteiger partial charge is 0.510 e. The number of fused-ring (bicyclic) bond motifs is 3. The highest BCUT2D eigenvalue weighted by molar-refractivity contribution is 6.25. The maximum absolute atomic E-state index is 13.6. The molecule has 11 heteroatoms. The molecule has 3 aliphatic carbocycles. The zero-order chi connectivity index (χ0) is 26.1. The number of nitrogens with two attached hydrogens (primary N) is 1. The van der Waals surface area contributed by atoms with Gasteiger partial charge in [0.15, 0.2) is 11.4 Å². The Morgan fingerprint density at radius 3 is 2.26 bits per heavy atom. The maximum atomic E-state index is 13.6. The number of aliphatic hydroxyl groups is 3. The molecule has 35 heavy (non-hydrogen) atoms. The lowest BCUT2D eigenvalue weighted by molar-refractivity contribution is -0.148. The molecule has 1 aromatic rings. The van der Waals surface area contributed by atoms with Crippen molar-refractivity contribution in [2.75, 3.05) is 28.2 Å². The number of primary amides is 1. The van der Waals surface area contributed by atoms with Crippen molar-refractivity contribution in [3.05, 3.63) is 51.5 Å². The number of allylic oxidation sites excluding steroid dienone is 1. The number of carbonyl (C=O) groups is 4. The van der Waals surface area contributed by atoms with Crippen LogP contribution in [0.25, 0.3) is 0 Å². The van der Waals surface area contributed by atoms with E-state index in [1.54, 1.807) is 28.2 Å². The first kappa shape index (κ1) is 24.4. The predicted molar refractivity (Wildman–Crippen MR) is 122 cm³/mol. The monoisotopic (exact) mass is 485 g/mol. The molecular weight excluding hydrogens is 458 g/mol. The number of hydrogen-bond donors (Lipinski definition) is 5. The first-order valence-corrected chi connectivity index (χ1v) is 11.0. The molecule has 0 bridgehead atoms. The van der Waals surface area contributed by atoms with E-state index in [9.17, 15) is 39.6 Å². The normalized spacial score (nSPS) is 28.0. The number of Topliss-reactive ketones (excluding diaryl/α,β-unsaturated/α-hetero) is 2. The molecule has 0 aromatic heterocycles. The smallest absolute Gasteiger partial charge is 0.255 e. The third-order valence-electron chi connectivity index (χ3n) is 7.24. The highest BCUT2D eigenvalue weighted by Gasteiger charge is 2.63. The summed E-state index contributed by atoms with van der Waals surface area (Å²) < 4.78 is 0. The van der Waals surface area contributed by atoms with Gasteiger partial charge in [0, 0.05) is 31.1 Å². The van der Waals surface area contributed by atoms with Gasteiger partial charge in [-0.1, -0.05) is 0 Å². The summed E-state index contributed by atoms with van der Waals surface area (Å²) in [5, 5.41) is 44.0. The van der Waals surface area contributed by atoms with E-state index in [1.165, 1.54) is 21.9 Å². The Morgan fingerprint density at radius 2 is 1.71 bits per heavy atom. The summed E-state index contributed by atoms with van der Waals surface area (Å²) in [6.07, 6.45) is 0.00879. The van der Waals surface area contributed by atoms with Crippen molar-refractivity contribution in [2.45, 2.75) is 24.5 Å². The molecule has 11 nitrogen and oxygen atoms in total. The molecule has 4 rings (SSSR count). The number of aliphatic hydroxyl groups excluding tert-OH is 2. The number of amides is 2. The second-order valence-electron chi connectivity index (χ2n) is 9.65. The average Bonchev–Trinajstić information content (AvgIpc) is 2.75. The second kappa shape index (κ2) is 7.92. The standard InChI is InChI=1S/C24H27N3O8/c1-26(2)17-12-8-9-7-11-10(23(34)27(3)4)5-6-13(28)15(11)18(29)14(9)20(31)24(12,35)21(32)16(19(17)30)22(25)33/h5-6,9,12,17,28,30-31,35H,7-8H2,1-4H3,(H2,25,33)/t9-,12-,17-,24?/m0/s1. The number of phenols is 1. The Bertz CT molecular complexity index is 1260. The molecule has 2 amide bonds. The van der Waals surface area contributed by atoms with Crippen molar-refractivity contribution in [3.8, 4) is 5.75 Å². The molecule has 0 saturated carbocycles. The zero-order valence-corrected chi connectivity index (χ0v) is 19.7. The van der Waals surface area contributed by atoms with E-state index in [0.717, 1.165) is 0 Å². The fourth-order valence-corrected chi connectivity index (χ4v) is 5.69. The van der Waals surface area contributed by atoms with Crippen LogP contribution in [0.3, 0.4) is 0 Å². The van der Waals surface area contributed by atoms with Gasteiger partial charge in [0.25, 0.3) is 11.8 Å². The fourth-order valence-electron chi connectivity index (χ4n) is 5.69. The average molecular weight is 485 g/mol. The van der Waals surface area contributed by atoms with E-state index >= 15 is 0 Å². The third-order valence-corrected chi connectivity index (χ3v) is 7.24. The van der Waals surface area contributed by atoms with Crippen LogP contribution in [0.2, 0.25) is 0 Å². The number of likely N-dealkylation sites (N-methyl/N-ethyl adjacent to an activating group) is 1. The minimum absolute atomic E-state index is 0.0446. The quantitative estimate of drug-likeness (QED) is 0.363. The zero-order valence-electron chi connectivity index (χ0n) is 19.7. The fraction of sp³-hybridized carbons (Fsp3) is 0.417. The van der Waals surface area contributed by atoms with Crippen LogP contribution in [0.1, 0.15) is 32.7 Å². The van der Waals surface area contributed by atoms with Crippen LogP contribution >= 0.6 is 0 Å². The molecule has 0 radical (unpaired) electrons. The van der Waals surface area contributed by atoms with Crippen molar-refractivity contribution in [1.82, 2.24) is 9.80 Å². The predicted octanol–water partition coefficient (Wildman–Crippen LogP) is -0.178. The molecule has 0 spiro atoms. The van der Waals surface area contributed by atoms with Gasteiger partial charge in [0.05, 0.1) is 11.6 Å². The molecule has 6 N–H and O–H groups in total. The van der Waals surface area contributed by atoms with E-state index in [4.69, 9.17) is 5.73 Å². The summed E-state index contributed by atoms with van der Waals surface area (Å²) in [5.74, 6) is -7.66. The van der Waals surface area contributed by atoms with E-state index in [1.807, 2.05) is 0 Å². The number of ketones is 2. The van der Waals surface area contributed by atoms with Crippen LogP contribution in [0.5, 0.6) is 5.75 Å². The number of rotatable bonds is 3. The highest BCUT2D eigenvalue weighted by Crippen LogP contribution is 2.52. The summed E-state index contributed by atoms with van der Waals surface area (Å²) in [4.78, 5) is 54.4. The Balaban J connectivity index is 1.97. The Labute approximate surface area is 200 Å². The summed E-state index contributed by atoms with van der Waals surface area (Å²) in [5.41, 5.74) is 1.78. The molecule has 4 atom stereocenters. The SMILES string of the molecule is CN(C)C(=O)c1ccc(O)c2c1C[C@H]1C[C@H]3[C@H](N(C)C)C(O)=C(C(N)=O)C(=O)C3(O)C(O)=C1C2=O. The van der Waals surface area contributed by atoms with Crippen molar-refractivity contribution in [3.63, 3.8) is 0 Å². The highest BCUT2D eigenvalue weighted by atomic mass is 16.3. The second-order valence-corrected chi connectivity index (χ2v) is 9.65. The minimum atomic E-state index is -2.70. The molecule has 186 valence electrons. The van der Waals surface area contributed by atoms with Gasteiger partial charge in [-0.15, -0.1) is 0 Å². The van der Waals surface area contributed by atoms with Crippen molar-refractivity contribution < 1.29 is 39.6 Å². The van der Waals surface area contributed by atoms with Gasteiger partial charge < -0.3 is 31.1 Å². The van der Waals surface area contributed by atoms with E-state index < -0.39 is 63.8 Å². The van der Waals surface area contributed by atoms with Crippen LogP contribution < -0.4 is 5.73 Å². The molecule has 0 fully saturated rings. The molecule has 3 aliphatic rings. The van der Waals surface area contributed by atoms with Gasteiger partial charge in [-0.05, 0) is 50.6 Å². The van der Waals surface area contributed by atoms with Crippen LogP contribution in [-0.2, 0) is 16.0 Å². The van der Waals surface area contributed by atoms with Gasteiger partial charge in [-0.25, -0.2) is 0 Å². The summed E-state index contributed by atoms with van der Waals surface area (Å²) in [6, 6.07) is 1.54. The topological polar surface area (TPSA) is 182 Å². The van der Waals surface area contributed by atoms with Gasteiger partial charge in [0.1, 0.15) is 22.8 Å². The molecule has 0 saturated heterocycles. The van der Waals surface area contributed by atoms with Crippen LogP contribution in [0.15, 0.2) is 34.8 Å². The lowest BCUT2D eigenvalue weighted by Crippen LogP contribution is -2.63. The van der Waals surface area contributed by atoms with Crippen LogP contribution in [-0.4, -0.2) is 93.4 Å². The Kier molecular flexibility index (Phi) is 5.53. The first-order valence-electron chi connectivity index (χ1n) is 11.0. The number of phenolic OH excluding ortho intramolecular Hbond substituents is 1. The van der Waals surface area contributed by atoms with Gasteiger partial charge >= 0.3 is 0 Å². The van der Waals surface area contributed by atoms with Crippen molar-refractivity contribution in [1.29, 1.82) is 0 Å². The first-order chi connectivity index (χ1) is 16.2. The molecule has 0 heterocycles. The summed E-state index contributed by atoms with van der Waals surface area (Å²) >= 11 is 0. The number of carbonyl (C=O) groups excluding carboxylic acids is 4. The minimum Gasteiger partial charge on any atom is -0.510 e. The van der Waals surface area contributed by atoms with E-state index in [2.05, 4.69) is 0 Å². The van der Waals surface area contributed by atoms with Crippen molar-refractivity contribution in [2.24, 2.45) is 17.6 Å². The van der Waals surface area contributed by atoms with E-state index in [-0.39, 0.29) is 35.4 Å². The Hall–Kier alpha value is -3.70. The number of aromatic hydroxyl groups is 1. The summed E-state index contributed by atoms with van der Waals surface area (Å²) in [6.45, 7) is 0. The lowest BCUT2D eigenvalue weighted by Gasteiger charge is -2.50. The van der Waals surface area contributed by atoms with Gasteiger partial charge in [-0.3, -0.25) is 24.1 Å². The molecular formula is C24H27N3O8. The number of nitrogens with zero attached hydrogens (tertiary/aromatic N) is 2. The molecule has 1 aromatic carbocycles. The summed E-state index contributed by atoms with van der Waals surface area (Å²) in [7, 11) is 6.20. The van der Waals surface area contributed by atoms with Crippen LogP contribution in [0, 0.1) is 11.8 Å². The lowest BCUT2D eigenvalue weighted by atomic mass is 9.58. The van der Waals surface area contributed by atoms with Gasteiger partial charge in [0.2, 0.25) is 5.78 Å². The maximum Gasteiger partial charge on any atom is 0.255 e. The third kappa shape index (κ3) is 3.18. The number of hydrogen-bond acceptors (Lipinski definition) is 9. The molecule has 1 unspecified atom stereocenters.